The van der Waals surface area contributed by atoms with Gasteiger partial charge in [0.25, 0.3) is 0 Å². The maximum absolute atomic E-state index is 4.32. The lowest BCUT2D eigenvalue weighted by Crippen LogP contribution is -1.99. The van der Waals surface area contributed by atoms with Crippen LogP contribution in [0.2, 0.25) is 0 Å². The Morgan fingerprint density at radius 2 is 1.73 bits per heavy atom. The Morgan fingerprint density at radius 3 is 2.27 bits per heavy atom. The molecule has 2 atom stereocenters. The Balaban J connectivity index is 0.000000442. The molecule has 0 fully saturated rings. The van der Waals surface area contributed by atoms with E-state index in [1.54, 1.807) is 0 Å². The molecule has 0 spiro atoms. The molecule has 0 aliphatic carbocycles. The van der Waals surface area contributed by atoms with Crippen molar-refractivity contribution in [2.75, 3.05) is 0 Å². The van der Waals surface area contributed by atoms with Gasteiger partial charge in [-0.25, -0.2) is 4.98 Å². The van der Waals surface area contributed by atoms with Crippen molar-refractivity contribution in [3.63, 3.8) is 0 Å². The number of pyridine rings is 1. The van der Waals surface area contributed by atoms with E-state index in [1.807, 2.05) is 51.7 Å². The molecule has 1 aliphatic rings. The number of hydrogen-bond acceptors (Lipinski definition) is 2. The maximum Gasteiger partial charge on any atom is 0.0997 e. The molecule has 0 amide bonds. The minimum atomic E-state index is 0.670. The molecule has 0 N–H and O–H groups in total. The third-order valence-electron chi connectivity index (χ3n) is 2.29. The summed E-state index contributed by atoms with van der Waals surface area (Å²) in [7, 11) is 0. The Hall–Kier alpha value is -0.500. The molecule has 2 unspecified atom stereocenters. The molecule has 86 valence electrons. The van der Waals surface area contributed by atoms with Crippen LogP contribution in [-0.2, 0) is 0 Å². The van der Waals surface area contributed by atoms with E-state index in [-0.39, 0.29) is 0 Å². The molecular formula is C13H23NS. The van der Waals surface area contributed by atoms with Crippen LogP contribution in [0, 0.1) is 0 Å². The van der Waals surface area contributed by atoms with Crippen LogP contribution in [-0.4, -0.2) is 10.2 Å². The van der Waals surface area contributed by atoms with Crippen molar-refractivity contribution < 1.29 is 0 Å². The molecule has 1 nitrogen and oxygen atoms in total. The molecule has 1 aromatic rings. The van der Waals surface area contributed by atoms with E-state index < -0.39 is 0 Å². The van der Waals surface area contributed by atoms with Gasteiger partial charge in [0.1, 0.15) is 0 Å². The SMILES string of the molecule is CC.CC.CC1Sc2ncccc2C1C. The normalized spacial score (nSPS) is 21.7. The van der Waals surface area contributed by atoms with Gasteiger partial charge in [-0.3, -0.25) is 0 Å². The van der Waals surface area contributed by atoms with E-state index in [1.165, 1.54) is 10.6 Å². The zero-order valence-electron chi connectivity index (χ0n) is 10.7. The van der Waals surface area contributed by atoms with Gasteiger partial charge in [0.05, 0.1) is 5.03 Å². The Labute approximate surface area is 98.7 Å². The average molecular weight is 225 g/mol. The van der Waals surface area contributed by atoms with Crippen LogP contribution in [0.5, 0.6) is 0 Å². The summed E-state index contributed by atoms with van der Waals surface area (Å²) in [6.07, 6.45) is 1.87. The molecular weight excluding hydrogens is 202 g/mol. The highest BCUT2D eigenvalue weighted by Crippen LogP contribution is 2.43. The van der Waals surface area contributed by atoms with Crippen molar-refractivity contribution in [1.29, 1.82) is 0 Å². The van der Waals surface area contributed by atoms with Gasteiger partial charge in [-0.2, -0.15) is 0 Å². The molecule has 1 aromatic heterocycles. The highest BCUT2D eigenvalue weighted by molar-refractivity contribution is 8.00. The van der Waals surface area contributed by atoms with Crippen molar-refractivity contribution in [2.45, 2.75) is 57.7 Å². The molecule has 0 radical (unpaired) electrons. The molecule has 1 aliphatic heterocycles. The molecule has 15 heavy (non-hydrogen) atoms. The van der Waals surface area contributed by atoms with E-state index in [0.29, 0.717) is 11.2 Å². The van der Waals surface area contributed by atoms with E-state index in [0.717, 1.165) is 0 Å². The van der Waals surface area contributed by atoms with E-state index in [4.69, 9.17) is 0 Å². The summed E-state index contributed by atoms with van der Waals surface area (Å²) in [6, 6.07) is 4.21. The molecule has 2 rings (SSSR count). The minimum absolute atomic E-state index is 0.670. The van der Waals surface area contributed by atoms with E-state index >= 15 is 0 Å². The van der Waals surface area contributed by atoms with Crippen molar-refractivity contribution in [3.05, 3.63) is 23.9 Å². The number of nitrogens with zero attached hydrogens (tertiary/aromatic N) is 1. The lowest BCUT2D eigenvalue weighted by molar-refractivity contribution is 0.755. The van der Waals surface area contributed by atoms with Crippen LogP contribution in [0.4, 0.5) is 0 Å². The molecule has 0 saturated heterocycles. The fourth-order valence-corrected chi connectivity index (χ4v) is 2.59. The predicted molar refractivity (Wildman–Crippen MR) is 70.7 cm³/mol. The summed E-state index contributed by atoms with van der Waals surface area (Å²) < 4.78 is 0. The number of aromatic nitrogens is 1. The van der Waals surface area contributed by atoms with Gasteiger partial charge in [-0.05, 0) is 17.5 Å². The summed E-state index contributed by atoms with van der Waals surface area (Å²) >= 11 is 1.89. The molecule has 0 bridgehead atoms. The number of thioether (sulfide) groups is 1. The second-order valence-corrected chi connectivity index (χ2v) is 4.38. The first-order valence-electron chi connectivity index (χ1n) is 5.90. The lowest BCUT2D eigenvalue weighted by atomic mass is 10.0. The maximum atomic E-state index is 4.32. The minimum Gasteiger partial charge on any atom is -0.250 e. The first kappa shape index (κ1) is 14.5. The standard InChI is InChI=1S/C9H11NS.2C2H6/c1-6-7(2)11-9-8(6)4-3-5-10-9;2*1-2/h3-7H,1-2H3;2*1-2H3. The van der Waals surface area contributed by atoms with E-state index in [9.17, 15) is 0 Å². The fourth-order valence-electron chi connectivity index (χ4n) is 1.38. The Morgan fingerprint density at radius 1 is 1.13 bits per heavy atom. The Kier molecular flexibility index (Phi) is 7.49. The quantitative estimate of drug-likeness (QED) is 0.633. The molecule has 2 heterocycles. The van der Waals surface area contributed by atoms with Gasteiger partial charge in [0, 0.05) is 11.4 Å². The van der Waals surface area contributed by atoms with Gasteiger partial charge in [-0.1, -0.05) is 47.6 Å². The number of hydrogen-bond donors (Lipinski definition) is 0. The zero-order chi connectivity index (χ0) is 11.8. The first-order chi connectivity index (χ1) is 7.29. The van der Waals surface area contributed by atoms with Crippen LogP contribution in [0.15, 0.2) is 23.4 Å². The lowest BCUT2D eigenvalue weighted by Gasteiger charge is -2.06. The monoisotopic (exact) mass is 225 g/mol. The van der Waals surface area contributed by atoms with Gasteiger partial charge >= 0.3 is 0 Å². The predicted octanol–water partition coefficient (Wildman–Crippen LogP) is 4.73. The highest BCUT2D eigenvalue weighted by atomic mass is 32.2. The van der Waals surface area contributed by atoms with Gasteiger partial charge in [0.2, 0.25) is 0 Å². The van der Waals surface area contributed by atoms with Crippen LogP contribution < -0.4 is 0 Å². The zero-order valence-corrected chi connectivity index (χ0v) is 11.6. The van der Waals surface area contributed by atoms with Crippen molar-refractivity contribution in [2.24, 2.45) is 0 Å². The van der Waals surface area contributed by atoms with Crippen LogP contribution in [0.25, 0.3) is 0 Å². The largest absolute Gasteiger partial charge is 0.250 e. The summed E-state index contributed by atoms with van der Waals surface area (Å²) in [4.78, 5) is 4.32. The second-order valence-electron chi connectivity index (χ2n) is 3.01. The summed E-state index contributed by atoms with van der Waals surface area (Å²) in [5.41, 5.74) is 1.42. The highest BCUT2D eigenvalue weighted by Gasteiger charge is 2.26. The van der Waals surface area contributed by atoms with Crippen LogP contribution >= 0.6 is 11.8 Å². The average Bonchev–Trinajstić information content (AvgIpc) is 2.61. The summed E-state index contributed by atoms with van der Waals surface area (Å²) in [5, 5.41) is 1.92. The van der Waals surface area contributed by atoms with Gasteiger partial charge in [-0.15, -0.1) is 11.8 Å². The third-order valence-corrected chi connectivity index (χ3v) is 3.64. The fraction of sp³-hybridized carbons (Fsp3) is 0.615. The number of rotatable bonds is 0. The topological polar surface area (TPSA) is 12.9 Å². The second kappa shape index (κ2) is 7.75. The Bertz CT molecular complexity index is 273. The van der Waals surface area contributed by atoms with Crippen molar-refractivity contribution >= 4 is 11.8 Å². The van der Waals surface area contributed by atoms with Crippen LogP contribution in [0.1, 0.15) is 53.0 Å². The first-order valence-corrected chi connectivity index (χ1v) is 6.78. The summed E-state index contributed by atoms with van der Waals surface area (Å²) in [5.74, 6) is 0.670. The molecule has 0 aromatic carbocycles. The van der Waals surface area contributed by atoms with Gasteiger partial charge in [0.15, 0.2) is 0 Å². The van der Waals surface area contributed by atoms with Crippen molar-refractivity contribution in [1.82, 2.24) is 4.98 Å². The van der Waals surface area contributed by atoms with Gasteiger partial charge < -0.3 is 0 Å². The smallest absolute Gasteiger partial charge is 0.0997 e. The van der Waals surface area contributed by atoms with Crippen LogP contribution in [0.3, 0.4) is 0 Å². The third kappa shape index (κ3) is 3.53. The molecule has 0 saturated carbocycles. The number of fused-ring (bicyclic) bond motifs is 1. The molecule has 2 heteroatoms. The summed E-state index contributed by atoms with van der Waals surface area (Å²) in [6.45, 7) is 12.5. The van der Waals surface area contributed by atoms with E-state index in [2.05, 4.69) is 24.9 Å². The van der Waals surface area contributed by atoms with Crippen molar-refractivity contribution in [3.8, 4) is 0 Å².